The Hall–Kier alpha value is -4.12. The Labute approximate surface area is 355 Å². The summed E-state index contributed by atoms with van der Waals surface area (Å²) in [4.78, 5) is 54.0. The first-order valence-corrected chi connectivity index (χ1v) is 22.2. The molecule has 0 spiro atoms. The number of likely N-dealkylation sites (tertiary alicyclic amines) is 2. The second-order valence-electron chi connectivity index (χ2n) is 16.2. The molecule has 2 aliphatic carbocycles. The van der Waals surface area contributed by atoms with Gasteiger partial charge in [-0.25, -0.2) is 14.4 Å². The van der Waals surface area contributed by atoms with Gasteiger partial charge in [0.2, 0.25) is 12.0 Å². The summed E-state index contributed by atoms with van der Waals surface area (Å²) in [6, 6.07) is 18.0. The minimum absolute atomic E-state index is 0.168. The van der Waals surface area contributed by atoms with Crippen molar-refractivity contribution < 1.29 is 23.9 Å². The molecule has 0 aromatic heterocycles. The van der Waals surface area contributed by atoms with E-state index in [9.17, 15) is 19.2 Å². The average molecular weight is 808 g/mol. The highest BCUT2D eigenvalue weighted by atomic mass is 16.5. The monoisotopic (exact) mass is 808 g/mol. The lowest BCUT2D eigenvalue weighted by molar-refractivity contribution is -0.119. The molecule has 2 aromatic carbocycles. The molecule has 3 aliphatic heterocycles. The molecule has 318 valence electrons. The van der Waals surface area contributed by atoms with Gasteiger partial charge in [0.15, 0.2) is 0 Å². The van der Waals surface area contributed by atoms with E-state index in [1.165, 1.54) is 116 Å². The molecule has 3 heterocycles. The van der Waals surface area contributed by atoms with Crippen molar-refractivity contribution in [1.82, 2.24) is 15.1 Å². The number of piperidine rings is 2. The van der Waals surface area contributed by atoms with Crippen LogP contribution in [0.15, 0.2) is 53.5 Å². The number of nitrogens with one attached hydrogen (secondary N) is 2. The number of carbonyl (C=O) groups is 3. The first kappa shape index (κ1) is 47.6. The van der Waals surface area contributed by atoms with Crippen LogP contribution in [0, 0.1) is 0 Å². The number of benzene rings is 2. The number of nitrogens with two attached hydrogens (primary N) is 1. The number of rotatable bonds is 6. The maximum atomic E-state index is 12.7. The first-order chi connectivity index (χ1) is 28.9. The van der Waals surface area contributed by atoms with Crippen LogP contribution in [0.3, 0.4) is 0 Å². The van der Waals surface area contributed by atoms with Crippen molar-refractivity contribution in [2.45, 2.75) is 153 Å². The number of nitrogens with zero attached hydrogens (tertiary/aromatic N) is 4. The van der Waals surface area contributed by atoms with Crippen LogP contribution in [0.1, 0.15) is 128 Å². The summed E-state index contributed by atoms with van der Waals surface area (Å²) in [5, 5.41) is 6.20. The number of hydrogen-bond donors (Lipinski definition) is 3. The predicted molar refractivity (Wildman–Crippen MR) is 239 cm³/mol. The van der Waals surface area contributed by atoms with Gasteiger partial charge in [-0.3, -0.25) is 15.0 Å². The van der Waals surface area contributed by atoms with Crippen LogP contribution in [0.2, 0.25) is 0 Å². The zero-order chi connectivity index (χ0) is 42.2. The van der Waals surface area contributed by atoms with Gasteiger partial charge in [0, 0.05) is 71.5 Å². The third-order valence-electron chi connectivity index (χ3n) is 12.4. The van der Waals surface area contributed by atoms with Gasteiger partial charge in [0.25, 0.3) is 0 Å². The summed E-state index contributed by atoms with van der Waals surface area (Å²) in [7, 11) is 8.00. The molecular weight excluding hydrogens is 740 g/mol. The van der Waals surface area contributed by atoms with Crippen molar-refractivity contribution in [2.75, 3.05) is 48.7 Å². The fourth-order valence-corrected chi connectivity index (χ4v) is 9.32. The minimum Gasteiger partial charge on any atom is -0.448 e. The number of isocyanates is 1. The Bertz CT molecular complexity index is 1600. The summed E-state index contributed by atoms with van der Waals surface area (Å²) in [5.41, 5.74) is 9.87. The predicted octanol–water partition coefficient (Wildman–Crippen LogP) is 7.84. The minimum atomic E-state index is -0.887. The molecule has 59 heavy (non-hydrogen) atoms. The largest absolute Gasteiger partial charge is 0.448 e. The summed E-state index contributed by atoms with van der Waals surface area (Å²) < 4.78 is 4.21. The molecule has 5 aliphatic rings. The molecule has 12 nitrogen and oxygen atoms in total. The number of imide groups is 1. The third kappa shape index (κ3) is 15.8. The first-order valence-electron chi connectivity index (χ1n) is 22.2. The lowest BCUT2D eigenvalue weighted by Crippen LogP contribution is -2.52. The highest BCUT2D eigenvalue weighted by Gasteiger charge is 2.35. The van der Waals surface area contributed by atoms with Gasteiger partial charge in [-0.1, -0.05) is 99.5 Å². The third-order valence-corrected chi connectivity index (χ3v) is 12.4. The van der Waals surface area contributed by atoms with E-state index in [0.717, 1.165) is 66.7 Å². The smallest absolute Gasteiger partial charge is 0.444 e. The van der Waals surface area contributed by atoms with Gasteiger partial charge in [-0.05, 0) is 82.1 Å². The highest BCUT2D eigenvalue weighted by Crippen LogP contribution is 2.32. The van der Waals surface area contributed by atoms with Crippen LogP contribution in [0.4, 0.5) is 26.7 Å². The second kappa shape index (κ2) is 26.9. The summed E-state index contributed by atoms with van der Waals surface area (Å²) in [6.07, 6.45) is 24.5. The van der Waals surface area contributed by atoms with E-state index in [1.54, 1.807) is 6.92 Å². The van der Waals surface area contributed by atoms with E-state index >= 15 is 0 Å². The Balaban J connectivity index is 0.000000216. The van der Waals surface area contributed by atoms with E-state index in [4.69, 9.17) is 5.73 Å². The Kier molecular flexibility index (Phi) is 21.7. The Morgan fingerprint density at radius 2 is 1.27 bits per heavy atom. The SMILES string of the molecule is CCOC(=O)N=C=O.Nc1ccccc1NC1CCN(C2CCCCCCC2)CC1.O=C1Cc2ccccc2N(C2CCN(C3CCCCCCC3)CC2)C(=O)N1.[B][B]. The van der Waals surface area contributed by atoms with E-state index < -0.39 is 6.09 Å². The Morgan fingerprint density at radius 1 is 0.763 bits per heavy atom. The van der Waals surface area contributed by atoms with Gasteiger partial charge in [-0.15, -0.1) is 0 Å². The van der Waals surface area contributed by atoms with Gasteiger partial charge in [-0.2, -0.15) is 0 Å². The quantitative estimate of drug-likeness (QED) is 0.115. The zero-order valence-corrected chi connectivity index (χ0v) is 35.5. The maximum Gasteiger partial charge on any atom is 0.444 e. The molecule has 4 radical (unpaired) electrons. The van der Waals surface area contributed by atoms with Crippen LogP contribution in [-0.4, -0.2) is 106 Å². The van der Waals surface area contributed by atoms with Crippen LogP contribution in [0.25, 0.3) is 0 Å². The number of hydrogen-bond acceptors (Lipinski definition) is 9. The van der Waals surface area contributed by atoms with Gasteiger partial charge in [0.05, 0.1) is 24.4 Å². The van der Waals surface area contributed by atoms with E-state index in [-0.39, 0.29) is 31.0 Å². The molecule has 2 saturated heterocycles. The van der Waals surface area contributed by atoms with Crippen molar-refractivity contribution in [3.63, 3.8) is 0 Å². The topological polar surface area (TPSA) is 150 Å². The lowest BCUT2D eigenvalue weighted by atomic mass is 9.81. The molecule has 2 aromatic rings. The number of aliphatic imine (C=N–C) groups is 1. The number of urea groups is 1. The van der Waals surface area contributed by atoms with Crippen LogP contribution in [0.5, 0.6) is 0 Å². The van der Waals surface area contributed by atoms with E-state index in [2.05, 4.69) is 57.8 Å². The average Bonchev–Trinajstić information content (AvgIpc) is 3.34. The number of nitrogen functional groups attached to an aromatic ring is 1. The molecule has 0 atom stereocenters. The standard InChI is InChI=1S/C22H31N3O2.C19H31N3.C4H5NO3.B2/c26-21-16-17-8-6-7-11-20(17)25(22(27)23-21)19-12-14-24(15-13-19)18-9-4-2-1-3-5-10-18;20-18-10-6-7-11-19(18)21-16-12-14-22(15-13-16)17-8-4-2-1-3-5-9-17;1-2-8-4(7)5-3-6;1-2/h6-8,11,18-19H,1-5,9-10,12-16H2,(H,23,26,27);6-7,10-11,16-17,21H,1-5,8-9,12-15,20H2;2H2,1H3;. The van der Waals surface area contributed by atoms with Crippen LogP contribution >= 0.6 is 0 Å². The molecule has 2 saturated carbocycles. The molecule has 0 bridgehead atoms. The van der Waals surface area contributed by atoms with Gasteiger partial charge in [0.1, 0.15) is 0 Å². The van der Waals surface area contributed by atoms with Crippen molar-refractivity contribution in [2.24, 2.45) is 4.99 Å². The number of fused-ring (bicyclic) bond motifs is 1. The molecule has 0 unspecified atom stereocenters. The fraction of sp³-hybridized carbons (Fsp3) is 0.644. The van der Waals surface area contributed by atoms with Crippen molar-refractivity contribution in [3.8, 4) is 0 Å². The van der Waals surface area contributed by atoms with Gasteiger partial charge < -0.3 is 25.6 Å². The Morgan fingerprint density at radius 3 is 1.81 bits per heavy atom. The lowest BCUT2D eigenvalue weighted by Gasteiger charge is -2.41. The van der Waals surface area contributed by atoms with E-state index in [0.29, 0.717) is 6.04 Å². The summed E-state index contributed by atoms with van der Waals surface area (Å²) >= 11 is 0. The maximum absolute atomic E-state index is 12.7. The number of ether oxygens (including phenoxy) is 1. The van der Waals surface area contributed by atoms with Gasteiger partial charge >= 0.3 is 12.1 Å². The molecule has 4 amide bonds. The summed E-state index contributed by atoms with van der Waals surface area (Å²) in [6.45, 7) is 6.44. The highest BCUT2D eigenvalue weighted by molar-refractivity contribution is 6.75. The molecule has 7 rings (SSSR count). The molecule has 14 heteroatoms. The molecular formula is C45H67B2N7O5. The molecule has 4 N–H and O–H groups in total. The van der Waals surface area contributed by atoms with Crippen LogP contribution in [-0.2, 0) is 20.7 Å². The van der Waals surface area contributed by atoms with Crippen LogP contribution < -0.4 is 21.3 Å². The number of para-hydroxylation sites is 3. The number of anilines is 3. The fourth-order valence-electron chi connectivity index (χ4n) is 9.32. The van der Waals surface area contributed by atoms with Crippen molar-refractivity contribution in [3.05, 3.63) is 54.1 Å². The molecule has 4 fully saturated rings. The van der Waals surface area contributed by atoms with Crippen molar-refractivity contribution >= 4 is 56.6 Å². The number of carbonyl (C=O) groups excluding carboxylic acids is 4. The zero-order valence-electron chi connectivity index (χ0n) is 35.5. The normalized spacial score (nSPS) is 20.5. The van der Waals surface area contributed by atoms with E-state index in [1.807, 2.05) is 41.3 Å². The number of amides is 4. The summed E-state index contributed by atoms with van der Waals surface area (Å²) in [5.74, 6) is -0.207. The van der Waals surface area contributed by atoms with Crippen molar-refractivity contribution in [1.29, 1.82) is 0 Å². The second-order valence-corrected chi connectivity index (χ2v) is 16.2.